The average molecular weight is 254 g/mol. The Labute approximate surface area is 103 Å². The van der Waals surface area contributed by atoms with Crippen molar-refractivity contribution in [2.45, 2.75) is 6.54 Å². The summed E-state index contributed by atoms with van der Waals surface area (Å²) in [5.74, 6) is 0.716. The summed E-state index contributed by atoms with van der Waals surface area (Å²) in [6, 6.07) is 7.07. The van der Waals surface area contributed by atoms with Crippen LogP contribution >= 0.6 is 23.2 Å². The van der Waals surface area contributed by atoms with Crippen LogP contribution < -0.4 is 5.32 Å². The van der Waals surface area contributed by atoms with Gasteiger partial charge in [0, 0.05) is 17.4 Å². The molecule has 0 spiro atoms. The number of nitrogens with one attached hydrogen (secondary N) is 1. The van der Waals surface area contributed by atoms with Crippen LogP contribution in [0.3, 0.4) is 0 Å². The molecule has 0 aliphatic carbocycles. The van der Waals surface area contributed by atoms with Gasteiger partial charge in [-0.1, -0.05) is 23.2 Å². The van der Waals surface area contributed by atoms with E-state index in [1.54, 1.807) is 30.6 Å². The van der Waals surface area contributed by atoms with Gasteiger partial charge in [-0.3, -0.25) is 0 Å². The first-order chi connectivity index (χ1) is 7.75. The molecule has 82 valence electrons. The summed E-state index contributed by atoms with van der Waals surface area (Å²) in [6.07, 6.45) is 3.40. The van der Waals surface area contributed by atoms with E-state index in [1.165, 1.54) is 0 Å². The Morgan fingerprint density at radius 2 is 1.88 bits per heavy atom. The van der Waals surface area contributed by atoms with E-state index in [0.29, 0.717) is 22.4 Å². The van der Waals surface area contributed by atoms with Crippen LogP contribution in [-0.4, -0.2) is 9.97 Å². The van der Waals surface area contributed by atoms with Crippen molar-refractivity contribution < 1.29 is 0 Å². The number of hydrogen-bond donors (Lipinski definition) is 1. The van der Waals surface area contributed by atoms with E-state index < -0.39 is 0 Å². The molecule has 1 aromatic heterocycles. The van der Waals surface area contributed by atoms with Crippen LogP contribution in [0.15, 0.2) is 36.7 Å². The van der Waals surface area contributed by atoms with E-state index in [9.17, 15) is 0 Å². The monoisotopic (exact) mass is 253 g/mol. The highest BCUT2D eigenvalue weighted by atomic mass is 35.5. The van der Waals surface area contributed by atoms with Gasteiger partial charge in [0.2, 0.25) is 0 Å². The minimum Gasteiger partial charge on any atom is -0.377 e. The Morgan fingerprint density at radius 3 is 2.56 bits per heavy atom. The van der Waals surface area contributed by atoms with Crippen molar-refractivity contribution in [3.63, 3.8) is 0 Å². The number of aromatic nitrogens is 2. The van der Waals surface area contributed by atoms with Gasteiger partial charge in [-0.25, -0.2) is 9.97 Å². The predicted octanol–water partition coefficient (Wildman–Crippen LogP) is 3.40. The summed E-state index contributed by atoms with van der Waals surface area (Å²) >= 11 is 11.8. The lowest BCUT2D eigenvalue weighted by Gasteiger charge is -2.07. The number of benzene rings is 1. The highest BCUT2D eigenvalue weighted by Gasteiger charge is 2.01. The average Bonchev–Trinajstić information content (AvgIpc) is 2.29. The molecule has 0 saturated heterocycles. The standard InChI is InChI=1S/C11H9Cl2N3/c12-8-2-3-10(9(13)6-8)16-7-11-14-4-1-5-15-11/h1-6,16H,7H2. The van der Waals surface area contributed by atoms with Crippen LogP contribution in [0.1, 0.15) is 5.82 Å². The molecule has 0 atom stereocenters. The molecule has 3 nitrogen and oxygen atoms in total. The molecule has 5 heteroatoms. The molecule has 0 unspecified atom stereocenters. The largest absolute Gasteiger partial charge is 0.377 e. The minimum absolute atomic E-state index is 0.530. The lowest BCUT2D eigenvalue weighted by atomic mass is 10.3. The molecule has 0 bridgehead atoms. The fourth-order valence-corrected chi connectivity index (χ4v) is 1.70. The zero-order valence-electron chi connectivity index (χ0n) is 8.32. The number of anilines is 1. The molecular weight excluding hydrogens is 245 g/mol. The minimum atomic E-state index is 0.530. The molecule has 1 aromatic carbocycles. The van der Waals surface area contributed by atoms with Crippen LogP contribution in [0.2, 0.25) is 10.0 Å². The molecule has 1 N–H and O–H groups in total. The maximum atomic E-state index is 6.01. The second kappa shape index (κ2) is 5.14. The van der Waals surface area contributed by atoms with Gasteiger partial charge < -0.3 is 5.32 Å². The van der Waals surface area contributed by atoms with Crippen molar-refractivity contribution in [2.75, 3.05) is 5.32 Å². The third kappa shape index (κ3) is 2.84. The smallest absolute Gasteiger partial charge is 0.147 e. The van der Waals surface area contributed by atoms with Gasteiger partial charge in [0.15, 0.2) is 0 Å². The summed E-state index contributed by atoms with van der Waals surface area (Å²) in [5.41, 5.74) is 0.818. The van der Waals surface area contributed by atoms with Crippen LogP contribution in [0.5, 0.6) is 0 Å². The molecule has 0 aliphatic heterocycles. The Hall–Kier alpha value is -1.32. The Balaban J connectivity index is 2.05. The molecule has 1 heterocycles. The number of nitrogens with zero attached hydrogens (tertiary/aromatic N) is 2. The Morgan fingerprint density at radius 1 is 1.12 bits per heavy atom. The first-order valence-corrected chi connectivity index (χ1v) is 5.46. The van der Waals surface area contributed by atoms with Gasteiger partial charge in [0.1, 0.15) is 5.82 Å². The first-order valence-electron chi connectivity index (χ1n) is 4.70. The number of halogens is 2. The summed E-state index contributed by atoms with van der Waals surface area (Å²) in [4.78, 5) is 8.20. The zero-order valence-corrected chi connectivity index (χ0v) is 9.83. The molecule has 2 aromatic rings. The van der Waals surface area contributed by atoms with Crippen molar-refractivity contribution in [1.29, 1.82) is 0 Å². The maximum Gasteiger partial charge on any atom is 0.147 e. The lowest BCUT2D eigenvalue weighted by Crippen LogP contribution is -2.03. The summed E-state index contributed by atoms with van der Waals surface area (Å²) < 4.78 is 0. The van der Waals surface area contributed by atoms with E-state index in [2.05, 4.69) is 15.3 Å². The highest BCUT2D eigenvalue weighted by Crippen LogP contribution is 2.25. The highest BCUT2D eigenvalue weighted by molar-refractivity contribution is 6.36. The SMILES string of the molecule is Clc1ccc(NCc2ncccn2)c(Cl)c1. The van der Waals surface area contributed by atoms with Crippen molar-refractivity contribution in [3.05, 3.63) is 52.5 Å². The van der Waals surface area contributed by atoms with E-state index in [0.717, 1.165) is 5.69 Å². The van der Waals surface area contributed by atoms with Crippen LogP contribution in [0.4, 0.5) is 5.69 Å². The second-order valence-electron chi connectivity index (χ2n) is 3.14. The fraction of sp³-hybridized carbons (Fsp3) is 0.0909. The fourth-order valence-electron chi connectivity index (χ4n) is 1.23. The molecule has 0 fully saturated rings. The summed E-state index contributed by atoms with van der Waals surface area (Å²) in [6.45, 7) is 0.530. The zero-order chi connectivity index (χ0) is 11.4. The Bertz CT molecular complexity index is 474. The number of hydrogen-bond acceptors (Lipinski definition) is 3. The predicted molar refractivity (Wildman–Crippen MR) is 65.8 cm³/mol. The summed E-state index contributed by atoms with van der Waals surface area (Å²) in [5, 5.41) is 4.34. The van der Waals surface area contributed by atoms with Crippen LogP contribution in [0, 0.1) is 0 Å². The first kappa shape index (κ1) is 11.2. The molecule has 0 amide bonds. The van der Waals surface area contributed by atoms with Gasteiger partial charge >= 0.3 is 0 Å². The van der Waals surface area contributed by atoms with Gasteiger partial charge in [-0.05, 0) is 24.3 Å². The third-order valence-electron chi connectivity index (χ3n) is 1.99. The van der Waals surface area contributed by atoms with E-state index >= 15 is 0 Å². The second-order valence-corrected chi connectivity index (χ2v) is 3.99. The lowest BCUT2D eigenvalue weighted by molar-refractivity contribution is 0.948. The van der Waals surface area contributed by atoms with Crippen LogP contribution in [-0.2, 0) is 6.54 Å². The molecule has 2 rings (SSSR count). The van der Waals surface area contributed by atoms with Gasteiger partial charge in [-0.2, -0.15) is 0 Å². The van der Waals surface area contributed by atoms with E-state index in [1.807, 2.05) is 6.07 Å². The van der Waals surface area contributed by atoms with Crippen molar-refractivity contribution in [1.82, 2.24) is 9.97 Å². The molecule has 0 radical (unpaired) electrons. The quantitative estimate of drug-likeness (QED) is 0.912. The van der Waals surface area contributed by atoms with E-state index in [-0.39, 0.29) is 0 Å². The summed E-state index contributed by atoms with van der Waals surface area (Å²) in [7, 11) is 0. The molecule has 16 heavy (non-hydrogen) atoms. The van der Waals surface area contributed by atoms with Crippen molar-refractivity contribution in [3.8, 4) is 0 Å². The van der Waals surface area contributed by atoms with Crippen molar-refractivity contribution >= 4 is 28.9 Å². The normalized spacial score (nSPS) is 10.1. The maximum absolute atomic E-state index is 6.01. The number of rotatable bonds is 3. The Kier molecular flexibility index (Phi) is 3.59. The molecule has 0 aliphatic rings. The van der Waals surface area contributed by atoms with Crippen molar-refractivity contribution in [2.24, 2.45) is 0 Å². The van der Waals surface area contributed by atoms with Gasteiger partial charge in [-0.15, -0.1) is 0 Å². The third-order valence-corrected chi connectivity index (χ3v) is 2.54. The van der Waals surface area contributed by atoms with E-state index in [4.69, 9.17) is 23.2 Å². The van der Waals surface area contributed by atoms with Gasteiger partial charge in [0.25, 0.3) is 0 Å². The topological polar surface area (TPSA) is 37.8 Å². The molecular formula is C11H9Cl2N3. The van der Waals surface area contributed by atoms with Gasteiger partial charge in [0.05, 0.1) is 17.3 Å². The van der Waals surface area contributed by atoms with Crippen LogP contribution in [0.25, 0.3) is 0 Å². The molecule has 0 saturated carbocycles.